The van der Waals surface area contributed by atoms with E-state index in [0.717, 1.165) is 11.2 Å². The lowest BCUT2D eigenvalue weighted by molar-refractivity contribution is 0.637. The quantitative estimate of drug-likeness (QED) is 0.552. The van der Waals surface area contributed by atoms with E-state index in [1.807, 2.05) is 41.2 Å². The van der Waals surface area contributed by atoms with Crippen molar-refractivity contribution in [3.63, 3.8) is 0 Å². The second kappa shape index (κ2) is 4.83. The number of hydrogen-bond donors (Lipinski definition) is 1. The van der Waals surface area contributed by atoms with E-state index in [1.54, 1.807) is 17.8 Å². The molecule has 0 atom stereocenters. The van der Waals surface area contributed by atoms with Crippen molar-refractivity contribution >= 4 is 35.0 Å². The van der Waals surface area contributed by atoms with Gasteiger partial charge >= 0.3 is 0 Å². The van der Waals surface area contributed by atoms with Gasteiger partial charge in [-0.2, -0.15) is 0 Å². The predicted octanol–water partition coefficient (Wildman–Crippen LogP) is 4.55. The van der Waals surface area contributed by atoms with Crippen molar-refractivity contribution in [2.75, 3.05) is 6.26 Å². The van der Waals surface area contributed by atoms with Crippen molar-refractivity contribution in [2.24, 2.45) is 0 Å². The van der Waals surface area contributed by atoms with Gasteiger partial charge in [-0.1, -0.05) is 6.07 Å². The fourth-order valence-electron chi connectivity index (χ4n) is 2.08. The lowest BCUT2D eigenvalue weighted by atomic mass is 10.2. The molecule has 0 saturated heterocycles. The molecule has 19 heavy (non-hydrogen) atoms. The van der Waals surface area contributed by atoms with Crippen LogP contribution >= 0.6 is 24.0 Å². The number of fused-ring (bicyclic) bond motifs is 1. The molecule has 0 saturated carbocycles. The second-order valence-electron chi connectivity index (χ2n) is 4.10. The molecule has 0 aliphatic rings. The highest BCUT2D eigenvalue weighted by Gasteiger charge is 2.09. The minimum absolute atomic E-state index is 0.289. The number of thioether (sulfide) groups is 1. The molecule has 3 rings (SSSR count). The van der Waals surface area contributed by atoms with Crippen LogP contribution in [0.15, 0.2) is 47.4 Å². The smallest absolute Gasteiger partial charge is 0.182 e. The highest BCUT2D eigenvalue weighted by atomic mass is 32.2. The molecule has 0 aliphatic carbocycles. The fourth-order valence-corrected chi connectivity index (χ4v) is 2.80. The molecule has 2 aromatic carbocycles. The summed E-state index contributed by atoms with van der Waals surface area (Å²) >= 11 is 6.97. The Balaban J connectivity index is 2.27. The molecule has 96 valence electrons. The summed E-state index contributed by atoms with van der Waals surface area (Å²) in [6.07, 6.45) is 2.03. The lowest BCUT2D eigenvalue weighted by Crippen LogP contribution is -1.93. The highest BCUT2D eigenvalue weighted by molar-refractivity contribution is 7.98. The molecule has 3 aromatic rings. The summed E-state index contributed by atoms with van der Waals surface area (Å²) in [5, 5.41) is 0. The zero-order valence-corrected chi connectivity index (χ0v) is 11.8. The molecule has 2 nitrogen and oxygen atoms in total. The molecule has 0 aliphatic heterocycles. The average molecular weight is 290 g/mol. The van der Waals surface area contributed by atoms with Gasteiger partial charge in [0.15, 0.2) is 4.77 Å². The summed E-state index contributed by atoms with van der Waals surface area (Å²) in [4.78, 5) is 4.10. The van der Waals surface area contributed by atoms with Gasteiger partial charge in [0.1, 0.15) is 11.3 Å². The Morgan fingerprint density at radius 2 is 1.89 bits per heavy atom. The van der Waals surface area contributed by atoms with Crippen LogP contribution in [0.25, 0.3) is 16.7 Å². The van der Waals surface area contributed by atoms with Crippen LogP contribution in [0.5, 0.6) is 0 Å². The third-order valence-electron chi connectivity index (χ3n) is 3.00. The van der Waals surface area contributed by atoms with Crippen LogP contribution in [-0.4, -0.2) is 15.8 Å². The molecule has 1 aromatic heterocycles. The normalized spacial score (nSPS) is 11.1. The van der Waals surface area contributed by atoms with Gasteiger partial charge < -0.3 is 4.98 Å². The Morgan fingerprint density at radius 3 is 2.58 bits per heavy atom. The summed E-state index contributed by atoms with van der Waals surface area (Å²) in [6, 6.07) is 13.0. The number of H-pyrrole nitrogens is 1. The molecular formula is C14H11FN2S2. The first-order chi connectivity index (χ1) is 9.20. The summed E-state index contributed by atoms with van der Waals surface area (Å²) in [6.45, 7) is 0. The first kappa shape index (κ1) is 12.4. The molecule has 0 bridgehead atoms. The molecule has 0 amide bonds. The molecular weight excluding hydrogens is 279 g/mol. The molecule has 0 spiro atoms. The minimum Gasteiger partial charge on any atom is -0.328 e. The number of imidazole rings is 1. The Hall–Kier alpha value is -1.59. The third-order valence-corrected chi connectivity index (χ3v) is 4.03. The number of benzene rings is 2. The van der Waals surface area contributed by atoms with E-state index in [4.69, 9.17) is 12.2 Å². The molecule has 0 unspecified atom stereocenters. The van der Waals surface area contributed by atoms with Crippen molar-refractivity contribution in [3.8, 4) is 5.69 Å². The van der Waals surface area contributed by atoms with Gasteiger partial charge in [0.05, 0.1) is 5.52 Å². The number of aromatic nitrogens is 2. The van der Waals surface area contributed by atoms with E-state index >= 15 is 0 Å². The second-order valence-corrected chi connectivity index (χ2v) is 5.36. The van der Waals surface area contributed by atoms with Gasteiger partial charge in [0, 0.05) is 10.6 Å². The van der Waals surface area contributed by atoms with Gasteiger partial charge in [-0.25, -0.2) is 4.39 Å². The van der Waals surface area contributed by atoms with Crippen LogP contribution < -0.4 is 0 Å². The van der Waals surface area contributed by atoms with Gasteiger partial charge in [-0.05, 0) is 54.9 Å². The van der Waals surface area contributed by atoms with E-state index in [2.05, 4.69) is 4.98 Å². The van der Waals surface area contributed by atoms with E-state index in [0.29, 0.717) is 10.3 Å². The summed E-state index contributed by atoms with van der Waals surface area (Å²) < 4.78 is 16.1. The monoisotopic (exact) mass is 290 g/mol. The zero-order valence-electron chi connectivity index (χ0n) is 10.2. The number of aromatic amines is 1. The first-order valence-electron chi connectivity index (χ1n) is 5.74. The molecule has 1 heterocycles. The number of hydrogen-bond acceptors (Lipinski definition) is 2. The number of para-hydroxylation sites is 1. The number of halogens is 1. The number of rotatable bonds is 2. The molecule has 0 fully saturated rings. The SMILES string of the molecule is CSc1ccc(-n2c(=S)[nH]c3c(F)cccc32)cc1. The Kier molecular flexibility index (Phi) is 3.16. The number of nitrogens with zero attached hydrogens (tertiary/aromatic N) is 1. The maximum Gasteiger partial charge on any atom is 0.182 e. The largest absolute Gasteiger partial charge is 0.328 e. The topological polar surface area (TPSA) is 20.7 Å². The van der Waals surface area contributed by atoms with E-state index in [9.17, 15) is 4.39 Å². The van der Waals surface area contributed by atoms with Crippen LogP contribution in [-0.2, 0) is 0 Å². The maximum absolute atomic E-state index is 13.7. The molecule has 1 N–H and O–H groups in total. The zero-order chi connectivity index (χ0) is 13.4. The van der Waals surface area contributed by atoms with Crippen molar-refractivity contribution in [1.29, 1.82) is 0 Å². The summed E-state index contributed by atoms with van der Waals surface area (Å²) in [5.41, 5.74) is 2.13. The summed E-state index contributed by atoms with van der Waals surface area (Å²) in [5.74, 6) is -0.289. The highest BCUT2D eigenvalue weighted by Crippen LogP contribution is 2.23. The number of nitrogens with one attached hydrogen (secondary N) is 1. The predicted molar refractivity (Wildman–Crippen MR) is 80.2 cm³/mol. The maximum atomic E-state index is 13.7. The summed E-state index contributed by atoms with van der Waals surface area (Å²) in [7, 11) is 0. The van der Waals surface area contributed by atoms with Crippen LogP contribution in [0.3, 0.4) is 0 Å². The van der Waals surface area contributed by atoms with Crippen LogP contribution in [0.1, 0.15) is 0 Å². The van der Waals surface area contributed by atoms with Crippen molar-refractivity contribution in [3.05, 3.63) is 53.1 Å². The molecule has 0 radical (unpaired) electrons. The van der Waals surface area contributed by atoms with Crippen LogP contribution in [0, 0.1) is 10.6 Å². The van der Waals surface area contributed by atoms with Gasteiger partial charge in [0.2, 0.25) is 0 Å². The van der Waals surface area contributed by atoms with Crippen molar-refractivity contribution in [2.45, 2.75) is 4.90 Å². The lowest BCUT2D eigenvalue weighted by Gasteiger charge is -2.05. The average Bonchev–Trinajstić information content (AvgIpc) is 2.77. The van der Waals surface area contributed by atoms with Gasteiger partial charge in [0.25, 0.3) is 0 Å². The Morgan fingerprint density at radius 1 is 1.16 bits per heavy atom. The van der Waals surface area contributed by atoms with E-state index < -0.39 is 0 Å². The van der Waals surface area contributed by atoms with E-state index in [1.165, 1.54) is 11.0 Å². The van der Waals surface area contributed by atoms with Crippen LogP contribution in [0.2, 0.25) is 0 Å². The standard InChI is InChI=1S/C14H11FN2S2/c1-19-10-7-5-9(6-8-10)17-12-4-2-3-11(15)13(12)16-14(17)18/h2-8H,1H3,(H,16,18). The van der Waals surface area contributed by atoms with Crippen molar-refractivity contribution in [1.82, 2.24) is 9.55 Å². The Bertz CT molecular complexity index is 787. The fraction of sp³-hybridized carbons (Fsp3) is 0.0714. The minimum atomic E-state index is -0.289. The third kappa shape index (κ3) is 2.09. The first-order valence-corrected chi connectivity index (χ1v) is 7.37. The van der Waals surface area contributed by atoms with Crippen molar-refractivity contribution < 1.29 is 4.39 Å². The van der Waals surface area contributed by atoms with Gasteiger partial charge in [-0.15, -0.1) is 11.8 Å². The van der Waals surface area contributed by atoms with Crippen LogP contribution in [0.4, 0.5) is 4.39 Å². The Labute approximate surface area is 119 Å². The van der Waals surface area contributed by atoms with E-state index in [-0.39, 0.29) is 5.82 Å². The molecule has 5 heteroatoms. The van der Waals surface area contributed by atoms with Gasteiger partial charge in [-0.3, -0.25) is 4.57 Å².